The first-order valence-electron chi connectivity index (χ1n) is 7.40. The van der Waals surface area contributed by atoms with Crippen molar-refractivity contribution < 1.29 is 0 Å². The molecule has 0 radical (unpaired) electrons. The van der Waals surface area contributed by atoms with Crippen LogP contribution in [0.1, 0.15) is 42.7 Å². The molecule has 1 aromatic carbocycles. The molecule has 1 aliphatic heterocycles. The second-order valence-electron chi connectivity index (χ2n) is 5.60. The molecule has 1 heterocycles. The zero-order chi connectivity index (χ0) is 13.7. The van der Waals surface area contributed by atoms with E-state index in [-0.39, 0.29) is 0 Å². The van der Waals surface area contributed by atoms with Crippen LogP contribution in [0.3, 0.4) is 0 Å². The summed E-state index contributed by atoms with van der Waals surface area (Å²) in [6, 6.07) is 6.17. The molecule has 1 aliphatic rings. The average molecular weight is 281 g/mol. The lowest BCUT2D eigenvalue weighted by molar-refractivity contribution is 0.267. The highest BCUT2D eigenvalue weighted by molar-refractivity contribution is 6.31. The summed E-state index contributed by atoms with van der Waals surface area (Å²) in [5.74, 6) is 0.400. The lowest BCUT2D eigenvalue weighted by Crippen LogP contribution is -2.32. The van der Waals surface area contributed by atoms with Gasteiger partial charge in [0.05, 0.1) is 0 Å². The van der Waals surface area contributed by atoms with E-state index in [4.69, 9.17) is 17.3 Å². The topological polar surface area (TPSA) is 29.3 Å². The van der Waals surface area contributed by atoms with Gasteiger partial charge in [-0.2, -0.15) is 0 Å². The molecular formula is C16H25ClN2. The van der Waals surface area contributed by atoms with Gasteiger partial charge < -0.3 is 10.6 Å². The molecule has 0 saturated carbocycles. The molecular weight excluding hydrogens is 256 g/mol. The van der Waals surface area contributed by atoms with Crippen LogP contribution in [0.25, 0.3) is 0 Å². The van der Waals surface area contributed by atoms with Crippen LogP contribution in [0.2, 0.25) is 5.02 Å². The van der Waals surface area contributed by atoms with Crippen molar-refractivity contribution in [3.63, 3.8) is 0 Å². The van der Waals surface area contributed by atoms with E-state index in [0.717, 1.165) is 11.6 Å². The molecule has 1 atom stereocenters. The summed E-state index contributed by atoms with van der Waals surface area (Å²) in [7, 11) is 0. The molecule has 2 rings (SSSR count). The molecule has 106 valence electrons. The monoisotopic (exact) mass is 280 g/mol. The Labute approximate surface area is 121 Å². The summed E-state index contributed by atoms with van der Waals surface area (Å²) in [6.07, 6.45) is 5.40. The summed E-state index contributed by atoms with van der Waals surface area (Å²) in [5, 5.41) is 0.854. The van der Waals surface area contributed by atoms with Gasteiger partial charge in [0.1, 0.15) is 0 Å². The summed E-state index contributed by atoms with van der Waals surface area (Å²) >= 11 is 6.23. The van der Waals surface area contributed by atoms with E-state index in [9.17, 15) is 0 Å². The minimum absolute atomic E-state index is 0.400. The Hall–Kier alpha value is -0.570. The van der Waals surface area contributed by atoms with E-state index in [1.54, 1.807) is 0 Å². The Balaban J connectivity index is 2.08. The van der Waals surface area contributed by atoms with Gasteiger partial charge in [-0.15, -0.1) is 0 Å². The smallest absolute Gasteiger partial charge is 0.0438 e. The zero-order valence-corrected chi connectivity index (χ0v) is 12.6. The molecule has 0 aromatic heterocycles. The van der Waals surface area contributed by atoms with Gasteiger partial charge in [-0.3, -0.25) is 0 Å². The maximum absolute atomic E-state index is 6.23. The minimum Gasteiger partial charge on any atom is -0.330 e. The number of hydrogen-bond acceptors (Lipinski definition) is 2. The van der Waals surface area contributed by atoms with Crippen LogP contribution in [0.15, 0.2) is 18.2 Å². The van der Waals surface area contributed by atoms with E-state index >= 15 is 0 Å². The number of hydrogen-bond donors (Lipinski definition) is 1. The van der Waals surface area contributed by atoms with Crippen molar-refractivity contribution in [1.82, 2.24) is 4.90 Å². The van der Waals surface area contributed by atoms with Gasteiger partial charge in [0.25, 0.3) is 0 Å². The molecule has 1 saturated heterocycles. The fraction of sp³-hybridized carbons (Fsp3) is 0.625. The predicted molar refractivity (Wildman–Crippen MR) is 82.9 cm³/mol. The van der Waals surface area contributed by atoms with Gasteiger partial charge in [0.2, 0.25) is 0 Å². The molecule has 0 bridgehead atoms. The largest absolute Gasteiger partial charge is 0.330 e. The highest BCUT2D eigenvalue weighted by atomic mass is 35.5. The molecule has 0 amide bonds. The standard InChI is InChI=1S/C16H25ClN2/c1-13-15(7-6-8-16(13)17)14(11-18)12-19-9-4-2-3-5-10-19/h6-8,14H,2-5,9-12,18H2,1H3. The number of rotatable bonds is 4. The third-order valence-corrected chi connectivity index (χ3v) is 4.62. The summed E-state index contributed by atoms with van der Waals surface area (Å²) in [6.45, 7) is 6.30. The van der Waals surface area contributed by atoms with Gasteiger partial charge in [-0.1, -0.05) is 36.6 Å². The van der Waals surface area contributed by atoms with Crippen LogP contribution in [0.5, 0.6) is 0 Å². The van der Waals surface area contributed by atoms with Crippen LogP contribution < -0.4 is 5.73 Å². The Morgan fingerprint density at radius 2 is 1.89 bits per heavy atom. The Bertz CT molecular complexity index is 398. The van der Waals surface area contributed by atoms with Crippen LogP contribution in [0, 0.1) is 6.92 Å². The van der Waals surface area contributed by atoms with E-state index in [1.807, 2.05) is 12.1 Å². The predicted octanol–water partition coefficient (Wildman–Crippen LogP) is 3.57. The third-order valence-electron chi connectivity index (χ3n) is 4.21. The van der Waals surface area contributed by atoms with Crippen molar-refractivity contribution in [1.29, 1.82) is 0 Å². The number of nitrogens with zero attached hydrogens (tertiary/aromatic N) is 1. The lowest BCUT2D eigenvalue weighted by Gasteiger charge is -2.27. The Morgan fingerprint density at radius 1 is 1.21 bits per heavy atom. The number of benzene rings is 1. The Morgan fingerprint density at radius 3 is 2.53 bits per heavy atom. The molecule has 19 heavy (non-hydrogen) atoms. The van der Waals surface area contributed by atoms with Crippen molar-refractivity contribution in [3.8, 4) is 0 Å². The van der Waals surface area contributed by atoms with Crippen molar-refractivity contribution in [2.75, 3.05) is 26.2 Å². The maximum Gasteiger partial charge on any atom is 0.0438 e. The first kappa shape index (κ1) is 14.8. The fourth-order valence-corrected chi connectivity index (χ4v) is 3.18. The molecule has 1 aromatic rings. The van der Waals surface area contributed by atoms with E-state index < -0.39 is 0 Å². The maximum atomic E-state index is 6.23. The Kier molecular flexibility index (Phi) is 5.68. The normalized spacial score (nSPS) is 19.1. The lowest BCUT2D eigenvalue weighted by atomic mass is 9.94. The van der Waals surface area contributed by atoms with Crippen LogP contribution in [-0.4, -0.2) is 31.1 Å². The van der Waals surface area contributed by atoms with E-state index in [0.29, 0.717) is 12.5 Å². The third kappa shape index (κ3) is 3.95. The molecule has 3 heteroatoms. The molecule has 2 nitrogen and oxygen atoms in total. The number of likely N-dealkylation sites (tertiary alicyclic amines) is 1. The second-order valence-corrected chi connectivity index (χ2v) is 6.01. The van der Waals surface area contributed by atoms with Crippen molar-refractivity contribution >= 4 is 11.6 Å². The van der Waals surface area contributed by atoms with Gasteiger partial charge in [0.15, 0.2) is 0 Å². The highest BCUT2D eigenvalue weighted by Gasteiger charge is 2.18. The molecule has 2 N–H and O–H groups in total. The SMILES string of the molecule is Cc1c(Cl)cccc1C(CN)CN1CCCCCC1. The number of nitrogens with two attached hydrogens (primary N) is 1. The van der Waals surface area contributed by atoms with E-state index in [1.165, 1.54) is 49.9 Å². The second kappa shape index (κ2) is 7.28. The van der Waals surface area contributed by atoms with Gasteiger partial charge in [-0.25, -0.2) is 0 Å². The summed E-state index contributed by atoms with van der Waals surface area (Å²) < 4.78 is 0. The summed E-state index contributed by atoms with van der Waals surface area (Å²) in [4.78, 5) is 2.57. The average Bonchev–Trinajstić information content (AvgIpc) is 2.68. The zero-order valence-electron chi connectivity index (χ0n) is 11.9. The first-order chi connectivity index (χ1) is 9.22. The van der Waals surface area contributed by atoms with Gasteiger partial charge >= 0.3 is 0 Å². The quantitative estimate of drug-likeness (QED) is 0.914. The van der Waals surface area contributed by atoms with Crippen molar-refractivity contribution in [2.24, 2.45) is 5.73 Å². The van der Waals surface area contributed by atoms with Crippen LogP contribution >= 0.6 is 11.6 Å². The first-order valence-corrected chi connectivity index (χ1v) is 7.77. The number of halogens is 1. The fourth-order valence-electron chi connectivity index (χ4n) is 3.00. The van der Waals surface area contributed by atoms with Gasteiger partial charge in [0, 0.05) is 24.0 Å². The van der Waals surface area contributed by atoms with Crippen molar-refractivity contribution in [2.45, 2.75) is 38.5 Å². The highest BCUT2D eigenvalue weighted by Crippen LogP contribution is 2.26. The molecule has 1 unspecified atom stereocenters. The molecule has 0 spiro atoms. The van der Waals surface area contributed by atoms with Crippen LogP contribution in [-0.2, 0) is 0 Å². The molecule has 1 fully saturated rings. The summed E-state index contributed by atoms with van der Waals surface area (Å²) in [5.41, 5.74) is 8.52. The minimum atomic E-state index is 0.400. The molecule has 0 aliphatic carbocycles. The van der Waals surface area contributed by atoms with Gasteiger partial charge in [-0.05, 0) is 50.0 Å². The van der Waals surface area contributed by atoms with Crippen molar-refractivity contribution in [3.05, 3.63) is 34.3 Å². The van der Waals surface area contributed by atoms with E-state index in [2.05, 4.69) is 17.9 Å². The van der Waals surface area contributed by atoms with Crippen LogP contribution in [0.4, 0.5) is 0 Å².